The molecule has 0 aliphatic carbocycles. The van der Waals surface area contributed by atoms with Gasteiger partial charge in [0.25, 0.3) is 0 Å². The van der Waals surface area contributed by atoms with Crippen molar-refractivity contribution in [2.45, 2.75) is 26.3 Å². The number of likely N-dealkylation sites (N-methyl/N-ethyl adjacent to an activating group) is 1. The van der Waals surface area contributed by atoms with Gasteiger partial charge in [0, 0.05) is 12.6 Å². The molecule has 1 unspecified atom stereocenters. The summed E-state index contributed by atoms with van der Waals surface area (Å²) in [6.07, 6.45) is 3.15. The predicted octanol–water partition coefficient (Wildman–Crippen LogP) is 1.90. The second kappa shape index (κ2) is 4.57. The van der Waals surface area contributed by atoms with Crippen molar-refractivity contribution >= 4 is 0 Å². The Bertz CT molecular complexity index is 78.6. The van der Waals surface area contributed by atoms with Gasteiger partial charge in [0.15, 0.2) is 0 Å². The summed E-state index contributed by atoms with van der Waals surface area (Å²) in [5.41, 5.74) is 0. The third-order valence-electron chi connectivity index (χ3n) is 1.76. The van der Waals surface area contributed by atoms with E-state index >= 15 is 0 Å². The van der Waals surface area contributed by atoms with Crippen molar-refractivity contribution in [1.82, 2.24) is 4.90 Å². The van der Waals surface area contributed by atoms with Gasteiger partial charge in [0.1, 0.15) is 0 Å². The van der Waals surface area contributed by atoms with Crippen molar-refractivity contribution in [2.24, 2.45) is 0 Å². The van der Waals surface area contributed by atoms with Crippen LogP contribution in [0, 0.1) is 0 Å². The lowest BCUT2D eigenvalue weighted by Gasteiger charge is -2.21. The van der Waals surface area contributed by atoms with E-state index in [1.54, 1.807) is 0 Å². The molecule has 0 rings (SSSR count). The summed E-state index contributed by atoms with van der Waals surface area (Å²) >= 11 is 0. The summed E-state index contributed by atoms with van der Waals surface area (Å²) in [4.78, 5) is 2.28. The molecule has 0 heterocycles. The third kappa shape index (κ3) is 3.31. The van der Waals surface area contributed by atoms with Crippen molar-refractivity contribution in [2.75, 3.05) is 13.6 Å². The van der Waals surface area contributed by atoms with Crippen LogP contribution in [0.3, 0.4) is 0 Å². The highest BCUT2D eigenvalue weighted by molar-refractivity contribution is 4.73. The Kier molecular flexibility index (Phi) is 4.41. The van der Waals surface area contributed by atoms with E-state index < -0.39 is 0 Å². The van der Waals surface area contributed by atoms with Crippen LogP contribution in [-0.2, 0) is 0 Å². The van der Waals surface area contributed by atoms with E-state index in [0.29, 0.717) is 6.04 Å². The van der Waals surface area contributed by atoms with Gasteiger partial charge in [-0.05, 0) is 20.4 Å². The molecular weight excluding hydrogens is 110 g/mol. The van der Waals surface area contributed by atoms with Gasteiger partial charge < -0.3 is 4.90 Å². The first kappa shape index (κ1) is 8.70. The lowest BCUT2D eigenvalue weighted by Crippen LogP contribution is -2.28. The van der Waals surface area contributed by atoms with Crippen LogP contribution in [0.1, 0.15) is 20.3 Å². The van der Waals surface area contributed by atoms with Crippen LogP contribution >= 0.6 is 0 Å². The molecule has 0 saturated carbocycles. The van der Waals surface area contributed by atoms with Crippen LogP contribution < -0.4 is 0 Å². The van der Waals surface area contributed by atoms with Gasteiger partial charge >= 0.3 is 0 Å². The van der Waals surface area contributed by atoms with E-state index in [1.165, 1.54) is 6.42 Å². The Hall–Kier alpha value is -0.300. The Morgan fingerprint density at radius 2 is 2.22 bits per heavy atom. The van der Waals surface area contributed by atoms with Gasteiger partial charge in [0.2, 0.25) is 0 Å². The molecule has 0 aromatic heterocycles. The average molecular weight is 127 g/mol. The van der Waals surface area contributed by atoms with E-state index in [2.05, 4.69) is 32.4 Å². The van der Waals surface area contributed by atoms with E-state index in [1.807, 2.05) is 6.08 Å². The molecule has 0 radical (unpaired) electrons. The van der Waals surface area contributed by atoms with Crippen LogP contribution in [0.15, 0.2) is 12.7 Å². The summed E-state index contributed by atoms with van der Waals surface area (Å²) in [5, 5.41) is 0. The van der Waals surface area contributed by atoms with Gasteiger partial charge in [-0.25, -0.2) is 0 Å². The predicted molar refractivity (Wildman–Crippen MR) is 42.6 cm³/mol. The van der Waals surface area contributed by atoms with Gasteiger partial charge in [-0.3, -0.25) is 0 Å². The minimum Gasteiger partial charge on any atom is -0.300 e. The molecule has 0 fully saturated rings. The van der Waals surface area contributed by atoms with Gasteiger partial charge in [0.05, 0.1) is 0 Å². The molecule has 0 N–H and O–H groups in total. The zero-order valence-electron chi connectivity index (χ0n) is 6.72. The number of hydrogen-bond acceptors (Lipinski definition) is 1. The van der Waals surface area contributed by atoms with Crippen LogP contribution in [0.2, 0.25) is 0 Å². The lowest BCUT2D eigenvalue weighted by atomic mass is 10.2. The standard InChI is InChI=1S/C8H17N/c1-5-7-9(4)8(3)6-2/h5,8H,1,6-7H2,2-4H3. The summed E-state index contributed by atoms with van der Waals surface area (Å²) in [5.74, 6) is 0. The molecular formula is C8H17N. The van der Waals surface area contributed by atoms with Crippen LogP contribution in [-0.4, -0.2) is 24.5 Å². The monoisotopic (exact) mass is 127 g/mol. The average Bonchev–Trinajstić information content (AvgIpc) is 1.87. The van der Waals surface area contributed by atoms with Crippen molar-refractivity contribution in [3.05, 3.63) is 12.7 Å². The molecule has 1 atom stereocenters. The SMILES string of the molecule is C=CCN(C)C(C)CC. The van der Waals surface area contributed by atoms with Crippen molar-refractivity contribution in [1.29, 1.82) is 0 Å². The zero-order valence-corrected chi connectivity index (χ0v) is 6.72. The smallest absolute Gasteiger partial charge is 0.0160 e. The Labute approximate surface area is 58.4 Å². The van der Waals surface area contributed by atoms with Crippen molar-refractivity contribution in [3.8, 4) is 0 Å². The Balaban J connectivity index is 3.44. The molecule has 0 aliphatic rings. The first-order chi connectivity index (χ1) is 4.22. The van der Waals surface area contributed by atoms with E-state index in [-0.39, 0.29) is 0 Å². The molecule has 0 aromatic rings. The van der Waals surface area contributed by atoms with Crippen LogP contribution in [0.25, 0.3) is 0 Å². The molecule has 1 heteroatoms. The first-order valence-corrected chi connectivity index (χ1v) is 3.53. The second-order valence-electron chi connectivity index (χ2n) is 2.49. The van der Waals surface area contributed by atoms with Crippen molar-refractivity contribution in [3.63, 3.8) is 0 Å². The molecule has 0 bridgehead atoms. The maximum atomic E-state index is 3.68. The van der Waals surface area contributed by atoms with Crippen molar-refractivity contribution < 1.29 is 0 Å². The largest absolute Gasteiger partial charge is 0.300 e. The minimum atomic E-state index is 0.683. The maximum absolute atomic E-state index is 3.68. The highest BCUT2D eigenvalue weighted by atomic mass is 15.1. The zero-order chi connectivity index (χ0) is 7.28. The second-order valence-corrected chi connectivity index (χ2v) is 2.49. The summed E-state index contributed by atoms with van der Waals surface area (Å²) in [6.45, 7) is 9.10. The Morgan fingerprint density at radius 1 is 1.67 bits per heavy atom. The maximum Gasteiger partial charge on any atom is 0.0160 e. The number of hydrogen-bond donors (Lipinski definition) is 0. The van der Waals surface area contributed by atoms with Gasteiger partial charge in [-0.15, -0.1) is 6.58 Å². The van der Waals surface area contributed by atoms with Crippen LogP contribution in [0.4, 0.5) is 0 Å². The summed E-state index contributed by atoms with van der Waals surface area (Å²) in [7, 11) is 2.12. The number of nitrogens with zero attached hydrogens (tertiary/aromatic N) is 1. The molecule has 1 nitrogen and oxygen atoms in total. The minimum absolute atomic E-state index is 0.683. The normalized spacial score (nSPS) is 13.8. The fourth-order valence-electron chi connectivity index (χ4n) is 0.695. The Morgan fingerprint density at radius 3 is 2.56 bits per heavy atom. The van der Waals surface area contributed by atoms with Crippen LogP contribution in [0.5, 0.6) is 0 Å². The molecule has 0 aromatic carbocycles. The summed E-state index contributed by atoms with van der Waals surface area (Å²) in [6, 6.07) is 0.683. The van der Waals surface area contributed by atoms with Gasteiger partial charge in [-0.1, -0.05) is 13.0 Å². The highest BCUT2D eigenvalue weighted by Crippen LogP contribution is 1.98. The van der Waals surface area contributed by atoms with Gasteiger partial charge in [-0.2, -0.15) is 0 Å². The molecule has 9 heavy (non-hydrogen) atoms. The topological polar surface area (TPSA) is 3.24 Å². The number of rotatable bonds is 4. The van der Waals surface area contributed by atoms with E-state index in [9.17, 15) is 0 Å². The lowest BCUT2D eigenvalue weighted by molar-refractivity contribution is 0.278. The molecule has 54 valence electrons. The highest BCUT2D eigenvalue weighted by Gasteiger charge is 2.02. The quantitative estimate of drug-likeness (QED) is 0.521. The molecule has 0 saturated heterocycles. The fraction of sp³-hybridized carbons (Fsp3) is 0.750. The van der Waals surface area contributed by atoms with E-state index in [4.69, 9.17) is 0 Å². The first-order valence-electron chi connectivity index (χ1n) is 3.53. The third-order valence-corrected chi connectivity index (χ3v) is 1.76. The molecule has 0 aliphatic heterocycles. The van der Waals surface area contributed by atoms with E-state index in [0.717, 1.165) is 6.54 Å². The molecule has 0 amide bonds. The molecule has 0 spiro atoms. The fourth-order valence-corrected chi connectivity index (χ4v) is 0.695. The summed E-state index contributed by atoms with van der Waals surface area (Å²) < 4.78 is 0.